The Bertz CT molecular complexity index is 896. The molecular formula is C16H15F3N4OS. The predicted molar refractivity (Wildman–Crippen MR) is 90.3 cm³/mol. The number of alkyl halides is 3. The summed E-state index contributed by atoms with van der Waals surface area (Å²) in [5.41, 5.74) is 2.66. The van der Waals surface area contributed by atoms with Crippen LogP contribution >= 0.6 is 11.3 Å². The summed E-state index contributed by atoms with van der Waals surface area (Å²) in [5, 5.41) is 0.403. The van der Waals surface area contributed by atoms with Crippen molar-refractivity contribution in [1.82, 2.24) is 9.97 Å². The number of oxazole rings is 1. The third-order valence-electron chi connectivity index (χ3n) is 4.13. The number of aromatic nitrogens is 2. The van der Waals surface area contributed by atoms with Crippen molar-refractivity contribution in [3.63, 3.8) is 0 Å². The van der Waals surface area contributed by atoms with E-state index >= 15 is 0 Å². The largest absolute Gasteiger partial charge is 0.427 e. The van der Waals surface area contributed by atoms with E-state index in [2.05, 4.69) is 9.97 Å². The van der Waals surface area contributed by atoms with Crippen molar-refractivity contribution < 1.29 is 17.6 Å². The van der Waals surface area contributed by atoms with Gasteiger partial charge in [-0.2, -0.15) is 18.2 Å². The van der Waals surface area contributed by atoms with Gasteiger partial charge in [0.2, 0.25) is 0 Å². The molecule has 4 rings (SSSR count). The maximum Gasteiger partial charge on any atom is 0.427 e. The molecule has 2 aromatic heterocycles. The molecule has 0 bridgehead atoms. The molecule has 0 unspecified atom stereocenters. The minimum atomic E-state index is -4.34. The number of hydrogen-bond acceptors (Lipinski definition) is 6. The lowest BCUT2D eigenvalue weighted by atomic mass is 10.2. The number of piperazine rings is 1. The molecule has 1 saturated heterocycles. The zero-order chi connectivity index (χ0) is 17.6. The molecule has 1 aliphatic rings. The number of nitrogens with zero attached hydrogens (tertiary/aromatic N) is 4. The summed E-state index contributed by atoms with van der Waals surface area (Å²) in [5.74, 6) is 0. The van der Waals surface area contributed by atoms with Gasteiger partial charge in [-0.15, -0.1) is 0 Å². The SMILES string of the molecule is Cc1ccc2oc(N3CCN(c4ncc(C(F)(F)F)s4)CC3)nc2c1. The molecule has 0 aliphatic carbocycles. The number of anilines is 2. The zero-order valence-corrected chi connectivity index (χ0v) is 14.2. The number of rotatable bonds is 2. The minimum absolute atomic E-state index is 0.403. The maximum atomic E-state index is 12.7. The molecule has 5 nitrogen and oxygen atoms in total. The highest BCUT2D eigenvalue weighted by atomic mass is 32.1. The quantitative estimate of drug-likeness (QED) is 0.686. The minimum Gasteiger partial charge on any atom is -0.423 e. The Morgan fingerprint density at radius 3 is 2.52 bits per heavy atom. The molecule has 0 radical (unpaired) electrons. The topological polar surface area (TPSA) is 45.4 Å². The summed E-state index contributed by atoms with van der Waals surface area (Å²) in [6, 6.07) is 6.38. The second-order valence-electron chi connectivity index (χ2n) is 5.95. The lowest BCUT2D eigenvalue weighted by Gasteiger charge is -2.33. The molecule has 0 spiro atoms. The number of thiazole rings is 1. The van der Waals surface area contributed by atoms with Crippen LogP contribution in [0.1, 0.15) is 10.4 Å². The second-order valence-corrected chi connectivity index (χ2v) is 6.96. The average molecular weight is 368 g/mol. The smallest absolute Gasteiger partial charge is 0.423 e. The van der Waals surface area contributed by atoms with Gasteiger partial charge < -0.3 is 14.2 Å². The van der Waals surface area contributed by atoms with Crippen molar-refractivity contribution in [2.45, 2.75) is 13.1 Å². The summed E-state index contributed by atoms with van der Waals surface area (Å²) in [6.07, 6.45) is -3.44. The zero-order valence-electron chi connectivity index (χ0n) is 13.4. The van der Waals surface area contributed by atoms with Crippen LogP contribution in [0.2, 0.25) is 0 Å². The van der Waals surface area contributed by atoms with Gasteiger partial charge >= 0.3 is 6.18 Å². The highest BCUT2D eigenvalue weighted by Crippen LogP contribution is 2.36. The lowest BCUT2D eigenvalue weighted by Crippen LogP contribution is -2.46. The Labute approximate surface area is 145 Å². The summed E-state index contributed by atoms with van der Waals surface area (Å²) in [6.45, 7) is 4.38. The van der Waals surface area contributed by atoms with Crippen LogP contribution in [0.4, 0.5) is 24.3 Å². The Morgan fingerprint density at radius 2 is 1.84 bits per heavy atom. The van der Waals surface area contributed by atoms with Gasteiger partial charge in [-0.25, -0.2) is 4.98 Å². The fraction of sp³-hybridized carbons (Fsp3) is 0.375. The van der Waals surface area contributed by atoms with Crippen LogP contribution in [-0.4, -0.2) is 36.1 Å². The van der Waals surface area contributed by atoms with E-state index in [0.29, 0.717) is 48.7 Å². The molecule has 132 valence electrons. The first-order chi connectivity index (χ1) is 11.9. The highest BCUT2D eigenvalue weighted by molar-refractivity contribution is 7.15. The van der Waals surface area contributed by atoms with E-state index in [4.69, 9.17) is 4.42 Å². The molecule has 1 fully saturated rings. The van der Waals surface area contributed by atoms with Crippen LogP contribution in [0.15, 0.2) is 28.8 Å². The van der Waals surface area contributed by atoms with E-state index in [-0.39, 0.29) is 0 Å². The first-order valence-corrected chi connectivity index (χ1v) is 8.62. The molecule has 0 saturated carbocycles. The summed E-state index contributed by atoms with van der Waals surface area (Å²) in [4.78, 5) is 11.6. The normalized spacial score (nSPS) is 16.0. The van der Waals surface area contributed by atoms with E-state index in [9.17, 15) is 13.2 Å². The molecule has 1 aromatic carbocycles. The predicted octanol–water partition coefficient (Wildman–Crippen LogP) is 3.94. The highest BCUT2D eigenvalue weighted by Gasteiger charge is 2.34. The summed E-state index contributed by atoms with van der Waals surface area (Å²) >= 11 is 0.681. The molecule has 0 N–H and O–H groups in total. The van der Waals surface area contributed by atoms with Gasteiger partial charge in [0, 0.05) is 26.2 Å². The molecule has 0 atom stereocenters. The van der Waals surface area contributed by atoms with Crippen LogP contribution in [0, 0.1) is 6.92 Å². The van der Waals surface area contributed by atoms with Crippen molar-refractivity contribution in [1.29, 1.82) is 0 Å². The summed E-state index contributed by atoms with van der Waals surface area (Å²) in [7, 11) is 0. The first-order valence-electron chi connectivity index (χ1n) is 7.80. The standard InChI is InChI=1S/C16H15F3N4OS/c1-10-2-3-12-11(8-10)21-14(24-12)22-4-6-23(7-5-22)15-20-9-13(25-15)16(17,18)19/h2-3,8-9H,4-7H2,1H3. The Kier molecular flexibility index (Phi) is 3.82. The Morgan fingerprint density at radius 1 is 1.12 bits per heavy atom. The Balaban J connectivity index is 1.46. The van der Waals surface area contributed by atoms with Crippen molar-refractivity contribution in [2.75, 3.05) is 36.0 Å². The van der Waals surface area contributed by atoms with Crippen molar-refractivity contribution in [3.8, 4) is 0 Å². The molecule has 25 heavy (non-hydrogen) atoms. The van der Waals surface area contributed by atoms with Gasteiger partial charge in [0.15, 0.2) is 10.7 Å². The first kappa shape index (κ1) is 16.2. The van der Waals surface area contributed by atoms with E-state index in [1.807, 2.05) is 34.9 Å². The van der Waals surface area contributed by atoms with Crippen LogP contribution < -0.4 is 9.80 Å². The van der Waals surface area contributed by atoms with Gasteiger partial charge in [0.25, 0.3) is 6.01 Å². The number of benzene rings is 1. The van der Waals surface area contributed by atoms with Gasteiger partial charge in [-0.3, -0.25) is 0 Å². The van der Waals surface area contributed by atoms with Crippen LogP contribution in [0.25, 0.3) is 11.1 Å². The molecule has 1 aliphatic heterocycles. The monoisotopic (exact) mass is 368 g/mol. The second kappa shape index (κ2) is 5.91. The molecule has 9 heteroatoms. The van der Waals surface area contributed by atoms with Crippen LogP contribution in [0.3, 0.4) is 0 Å². The van der Waals surface area contributed by atoms with E-state index in [0.717, 1.165) is 22.9 Å². The third kappa shape index (κ3) is 3.15. The molecule has 0 amide bonds. The lowest BCUT2D eigenvalue weighted by molar-refractivity contribution is -0.134. The number of hydrogen-bond donors (Lipinski definition) is 0. The van der Waals surface area contributed by atoms with Gasteiger partial charge in [0.05, 0.1) is 6.20 Å². The maximum absolute atomic E-state index is 12.7. The van der Waals surface area contributed by atoms with Crippen molar-refractivity contribution in [3.05, 3.63) is 34.8 Å². The number of halogens is 3. The molecule has 3 heterocycles. The van der Waals surface area contributed by atoms with Crippen molar-refractivity contribution >= 4 is 33.6 Å². The Hall–Kier alpha value is -2.29. The van der Waals surface area contributed by atoms with E-state index in [1.165, 1.54) is 0 Å². The van der Waals surface area contributed by atoms with Crippen molar-refractivity contribution in [2.24, 2.45) is 0 Å². The van der Waals surface area contributed by atoms with E-state index < -0.39 is 11.1 Å². The molecular weight excluding hydrogens is 353 g/mol. The molecule has 3 aromatic rings. The van der Waals surface area contributed by atoms with Gasteiger partial charge in [0.1, 0.15) is 10.4 Å². The number of aryl methyl sites for hydroxylation is 1. The van der Waals surface area contributed by atoms with E-state index in [1.54, 1.807) is 0 Å². The van der Waals surface area contributed by atoms with Crippen LogP contribution in [0.5, 0.6) is 0 Å². The average Bonchev–Trinajstić information content (AvgIpc) is 3.21. The fourth-order valence-corrected chi connectivity index (χ4v) is 3.63. The van der Waals surface area contributed by atoms with Crippen LogP contribution in [-0.2, 0) is 6.18 Å². The fourth-order valence-electron chi connectivity index (χ4n) is 2.79. The van der Waals surface area contributed by atoms with Gasteiger partial charge in [-0.1, -0.05) is 17.4 Å². The summed E-state index contributed by atoms with van der Waals surface area (Å²) < 4.78 is 43.9. The van der Waals surface area contributed by atoms with Gasteiger partial charge in [-0.05, 0) is 24.6 Å². The third-order valence-corrected chi connectivity index (χ3v) is 5.23. The number of fused-ring (bicyclic) bond motifs is 1.